The lowest BCUT2D eigenvalue weighted by atomic mass is 10.0. The van der Waals surface area contributed by atoms with E-state index in [1.54, 1.807) is 12.0 Å². The number of thioether (sulfide) groups is 1. The lowest BCUT2D eigenvalue weighted by Gasteiger charge is -2.27. The molecule has 1 unspecified atom stereocenters. The molecule has 0 saturated heterocycles. The first-order valence-corrected chi connectivity index (χ1v) is 9.01. The number of amides is 1. The minimum absolute atomic E-state index is 0.0438. The second kappa shape index (κ2) is 8.73. The molecule has 1 heterocycles. The van der Waals surface area contributed by atoms with E-state index in [9.17, 15) is 4.79 Å². The summed E-state index contributed by atoms with van der Waals surface area (Å²) in [7, 11) is 3.49. The number of hydrogen-bond donors (Lipinski definition) is 1. The molecule has 1 amide bonds. The zero-order chi connectivity index (χ0) is 17.5. The van der Waals surface area contributed by atoms with Crippen LogP contribution in [-0.2, 0) is 11.2 Å². The van der Waals surface area contributed by atoms with Gasteiger partial charge in [0.15, 0.2) is 0 Å². The molecule has 6 nitrogen and oxygen atoms in total. The number of ether oxygens (including phenoxy) is 1. The average molecular weight is 348 g/mol. The van der Waals surface area contributed by atoms with Gasteiger partial charge in [-0.2, -0.15) is 0 Å². The van der Waals surface area contributed by atoms with Crippen LogP contribution >= 0.6 is 11.8 Å². The Balaban J connectivity index is 1.98. The molecule has 1 aromatic heterocycles. The second-order valence-corrected chi connectivity index (χ2v) is 6.35. The van der Waals surface area contributed by atoms with Crippen molar-refractivity contribution >= 4 is 17.7 Å². The largest absolute Gasteiger partial charge is 0.497 e. The molecule has 0 aliphatic heterocycles. The highest BCUT2D eigenvalue weighted by atomic mass is 32.2. The van der Waals surface area contributed by atoms with Gasteiger partial charge in [-0.25, -0.2) is 4.98 Å². The molecular weight excluding hydrogens is 324 g/mol. The van der Waals surface area contributed by atoms with E-state index in [-0.39, 0.29) is 11.9 Å². The predicted octanol–water partition coefficient (Wildman–Crippen LogP) is 3.08. The fraction of sp³-hybridized carbons (Fsp3) is 0.471. The Kier molecular flexibility index (Phi) is 6.66. The van der Waals surface area contributed by atoms with Gasteiger partial charge >= 0.3 is 0 Å². The summed E-state index contributed by atoms with van der Waals surface area (Å²) in [5, 5.41) is 7.58. The van der Waals surface area contributed by atoms with Crippen LogP contribution in [0, 0.1) is 0 Å². The molecule has 24 heavy (non-hydrogen) atoms. The van der Waals surface area contributed by atoms with Crippen molar-refractivity contribution < 1.29 is 9.53 Å². The summed E-state index contributed by atoms with van der Waals surface area (Å²) < 4.78 is 5.19. The first kappa shape index (κ1) is 18.3. The molecule has 1 N–H and O–H groups in total. The number of nitrogens with one attached hydrogen (secondary N) is 1. The van der Waals surface area contributed by atoms with E-state index < -0.39 is 0 Å². The maximum atomic E-state index is 12.5. The highest BCUT2D eigenvalue weighted by Gasteiger charge is 2.20. The van der Waals surface area contributed by atoms with Crippen LogP contribution in [0.3, 0.4) is 0 Å². The maximum absolute atomic E-state index is 12.5. The van der Waals surface area contributed by atoms with E-state index in [2.05, 4.69) is 22.1 Å². The predicted molar refractivity (Wildman–Crippen MR) is 95.3 cm³/mol. The lowest BCUT2D eigenvalue weighted by Crippen LogP contribution is -2.32. The molecule has 0 saturated carbocycles. The van der Waals surface area contributed by atoms with Crippen molar-refractivity contribution in [3.63, 3.8) is 0 Å². The summed E-state index contributed by atoms with van der Waals surface area (Å²) in [5.74, 6) is 2.03. The number of benzene rings is 1. The summed E-state index contributed by atoms with van der Waals surface area (Å²) >= 11 is 1.36. The summed E-state index contributed by atoms with van der Waals surface area (Å²) in [6.45, 7) is 4.09. The van der Waals surface area contributed by atoms with Crippen LogP contribution < -0.4 is 4.74 Å². The third-order valence-corrected chi connectivity index (χ3v) is 4.75. The number of methoxy groups -OCH3 is 1. The van der Waals surface area contributed by atoms with E-state index in [0.717, 1.165) is 30.0 Å². The Hall–Kier alpha value is -2.02. The molecule has 0 radical (unpaired) electrons. The second-order valence-electron chi connectivity index (χ2n) is 5.41. The highest BCUT2D eigenvalue weighted by molar-refractivity contribution is 7.99. The molecule has 130 valence electrons. The third kappa shape index (κ3) is 4.50. The SMILES string of the molecule is CCc1nc(SCC(=O)N(C)C(CC)c2ccc(OC)cc2)n[nH]1. The van der Waals surface area contributed by atoms with Crippen molar-refractivity contribution in [1.29, 1.82) is 0 Å². The van der Waals surface area contributed by atoms with Crippen LogP contribution in [0.25, 0.3) is 0 Å². The van der Waals surface area contributed by atoms with Crippen LogP contribution in [-0.4, -0.2) is 45.9 Å². The van der Waals surface area contributed by atoms with Crippen LogP contribution in [0.1, 0.15) is 37.7 Å². The van der Waals surface area contributed by atoms with Crippen molar-refractivity contribution in [3.8, 4) is 5.75 Å². The van der Waals surface area contributed by atoms with Crippen LogP contribution in [0.2, 0.25) is 0 Å². The van der Waals surface area contributed by atoms with E-state index in [4.69, 9.17) is 4.74 Å². The Bertz CT molecular complexity index is 657. The van der Waals surface area contributed by atoms with Crippen molar-refractivity contribution in [3.05, 3.63) is 35.7 Å². The third-order valence-electron chi connectivity index (χ3n) is 3.92. The van der Waals surface area contributed by atoms with E-state index in [0.29, 0.717) is 10.9 Å². The van der Waals surface area contributed by atoms with Crippen molar-refractivity contribution in [2.24, 2.45) is 0 Å². The van der Waals surface area contributed by atoms with Crippen molar-refractivity contribution in [2.45, 2.75) is 37.9 Å². The van der Waals surface area contributed by atoms with Crippen LogP contribution in [0.4, 0.5) is 0 Å². The zero-order valence-electron chi connectivity index (χ0n) is 14.6. The van der Waals surface area contributed by atoms with Crippen molar-refractivity contribution in [2.75, 3.05) is 19.9 Å². The van der Waals surface area contributed by atoms with Gasteiger partial charge in [-0.05, 0) is 24.1 Å². The summed E-state index contributed by atoms with van der Waals surface area (Å²) in [6.07, 6.45) is 1.65. The van der Waals surface area contributed by atoms with Crippen LogP contribution in [0.15, 0.2) is 29.4 Å². The Morgan fingerprint density at radius 1 is 1.33 bits per heavy atom. The molecule has 0 bridgehead atoms. The molecule has 0 aliphatic carbocycles. The number of aryl methyl sites for hydroxylation is 1. The summed E-state index contributed by atoms with van der Waals surface area (Å²) in [4.78, 5) is 18.6. The standard InChI is InChI=1S/C17H24N4O2S/c1-5-14(12-7-9-13(23-4)10-8-12)21(3)16(22)11-24-17-18-15(6-2)19-20-17/h7-10,14H,5-6,11H2,1-4H3,(H,18,19,20). The average Bonchev–Trinajstić information content (AvgIpc) is 3.09. The minimum atomic E-state index is 0.0438. The number of aromatic amines is 1. The van der Waals surface area contributed by atoms with Crippen LogP contribution in [0.5, 0.6) is 5.75 Å². The lowest BCUT2D eigenvalue weighted by molar-refractivity contribution is -0.129. The Morgan fingerprint density at radius 2 is 2.04 bits per heavy atom. The Morgan fingerprint density at radius 3 is 2.58 bits per heavy atom. The number of aromatic nitrogens is 3. The number of hydrogen-bond acceptors (Lipinski definition) is 5. The fourth-order valence-electron chi connectivity index (χ4n) is 2.46. The van der Waals surface area contributed by atoms with E-state index in [1.165, 1.54) is 11.8 Å². The molecule has 0 fully saturated rings. The molecule has 2 rings (SSSR count). The molecule has 1 aromatic carbocycles. The number of H-pyrrole nitrogens is 1. The zero-order valence-corrected chi connectivity index (χ0v) is 15.4. The van der Waals surface area contributed by atoms with Gasteiger partial charge in [-0.3, -0.25) is 9.89 Å². The molecule has 7 heteroatoms. The topological polar surface area (TPSA) is 71.1 Å². The van der Waals surface area contributed by atoms with Crippen molar-refractivity contribution in [1.82, 2.24) is 20.1 Å². The van der Waals surface area contributed by atoms with Gasteiger partial charge in [-0.1, -0.05) is 37.7 Å². The first-order chi connectivity index (χ1) is 11.6. The van der Waals surface area contributed by atoms with E-state index in [1.807, 2.05) is 38.2 Å². The Labute approximate surface area is 147 Å². The maximum Gasteiger partial charge on any atom is 0.233 e. The first-order valence-electron chi connectivity index (χ1n) is 8.02. The number of carbonyl (C=O) groups excluding carboxylic acids is 1. The molecule has 1 atom stereocenters. The minimum Gasteiger partial charge on any atom is -0.497 e. The number of carbonyl (C=O) groups is 1. The molecule has 0 spiro atoms. The molecule has 2 aromatic rings. The van der Waals surface area contributed by atoms with Gasteiger partial charge in [0, 0.05) is 13.5 Å². The normalized spacial score (nSPS) is 12.0. The number of rotatable bonds is 8. The monoisotopic (exact) mass is 348 g/mol. The highest BCUT2D eigenvalue weighted by Crippen LogP contribution is 2.26. The van der Waals surface area contributed by atoms with Gasteiger partial charge in [0.1, 0.15) is 11.6 Å². The quantitative estimate of drug-likeness (QED) is 0.742. The molecule has 0 aliphatic rings. The fourth-order valence-corrected chi connectivity index (χ4v) is 3.20. The van der Waals surface area contributed by atoms with Gasteiger partial charge < -0.3 is 9.64 Å². The van der Waals surface area contributed by atoms with Gasteiger partial charge in [0.2, 0.25) is 11.1 Å². The summed E-state index contributed by atoms with van der Waals surface area (Å²) in [6, 6.07) is 7.90. The van der Waals surface area contributed by atoms with Gasteiger partial charge in [-0.15, -0.1) is 5.10 Å². The van der Waals surface area contributed by atoms with Gasteiger partial charge in [0.05, 0.1) is 18.9 Å². The molecular formula is C17H24N4O2S. The van der Waals surface area contributed by atoms with E-state index >= 15 is 0 Å². The smallest absolute Gasteiger partial charge is 0.233 e. The summed E-state index contributed by atoms with van der Waals surface area (Å²) in [5.41, 5.74) is 1.10. The van der Waals surface area contributed by atoms with Gasteiger partial charge in [0.25, 0.3) is 0 Å². The number of nitrogens with zero attached hydrogens (tertiary/aromatic N) is 3.